The van der Waals surface area contributed by atoms with Crippen LogP contribution < -0.4 is 10.5 Å². The third-order valence-corrected chi connectivity index (χ3v) is 4.52. The molecule has 0 bridgehead atoms. The molecule has 3 atom stereocenters. The first-order valence-electron chi connectivity index (χ1n) is 7.53. The van der Waals surface area contributed by atoms with E-state index < -0.39 is 0 Å². The Morgan fingerprint density at radius 3 is 2.81 bits per heavy atom. The molecule has 2 heterocycles. The van der Waals surface area contributed by atoms with Crippen molar-refractivity contribution in [3.63, 3.8) is 0 Å². The molecule has 2 fully saturated rings. The van der Waals surface area contributed by atoms with Crippen LogP contribution in [0.2, 0.25) is 0 Å². The topological polar surface area (TPSA) is 69.3 Å². The molecule has 0 spiro atoms. The van der Waals surface area contributed by atoms with Gasteiger partial charge in [-0.25, -0.2) is 4.98 Å². The predicted molar refractivity (Wildman–Crippen MR) is 80.4 cm³/mol. The molecule has 1 N–H and O–H groups in total. The number of anilines is 1. The fourth-order valence-corrected chi connectivity index (χ4v) is 2.99. The molecule has 1 aromatic rings. The fraction of sp³-hybridized carbons (Fsp3) is 0.667. The van der Waals surface area contributed by atoms with Crippen LogP contribution in [0.5, 0.6) is 0 Å². The third-order valence-electron chi connectivity index (χ3n) is 4.52. The molecule has 6 heteroatoms. The molecule has 6 nitrogen and oxygen atoms in total. The van der Waals surface area contributed by atoms with Crippen LogP contribution in [0.15, 0.2) is 10.9 Å². The lowest BCUT2D eigenvalue weighted by Gasteiger charge is -2.17. The van der Waals surface area contributed by atoms with Crippen molar-refractivity contribution in [3.8, 4) is 0 Å². The van der Waals surface area contributed by atoms with Crippen LogP contribution in [0.1, 0.15) is 31.4 Å². The molecule has 1 amide bonds. The first-order valence-corrected chi connectivity index (χ1v) is 7.53. The van der Waals surface area contributed by atoms with Gasteiger partial charge in [-0.1, -0.05) is 6.92 Å². The molecule has 0 unspecified atom stereocenters. The first kappa shape index (κ1) is 14.1. The molecular weight excluding hydrogens is 268 g/mol. The molecular formula is C15H22N4O2. The Bertz CT molecular complexity index is 610. The Morgan fingerprint density at radius 1 is 1.48 bits per heavy atom. The molecule has 0 radical (unpaired) electrons. The molecule has 21 heavy (non-hydrogen) atoms. The number of hydrogen-bond acceptors (Lipinski definition) is 4. The zero-order valence-corrected chi connectivity index (χ0v) is 12.8. The zero-order valence-electron chi connectivity index (χ0n) is 12.8. The van der Waals surface area contributed by atoms with Gasteiger partial charge in [0.05, 0.1) is 5.69 Å². The maximum atomic E-state index is 12.3. The summed E-state index contributed by atoms with van der Waals surface area (Å²) < 4.78 is 0. The molecule has 0 aromatic carbocycles. The van der Waals surface area contributed by atoms with Crippen molar-refractivity contribution in [3.05, 3.63) is 22.1 Å². The summed E-state index contributed by atoms with van der Waals surface area (Å²) in [5.41, 5.74) is 0.658. The second kappa shape index (κ2) is 5.16. The summed E-state index contributed by atoms with van der Waals surface area (Å²) >= 11 is 0. The van der Waals surface area contributed by atoms with E-state index in [9.17, 15) is 9.59 Å². The highest BCUT2D eigenvalue weighted by atomic mass is 16.2. The molecule has 1 aliphatic heterocycles. The summed E-state index contributed by atoms with van der Waals surface area (Å²) in [5.74, 6) is 1.78. The van der Waals surface area contributed by atoms with E-state index in [2.05, 4.69) is 16.9 Å². The maximum absolute atomic E-state index is 12.3. The van der Waals surface area contributed by atoms with Gasteiger partial charge in [0, 0.05) is 45.1 Å². The summed E-state index contributed by atoms with van der Waals surface area (Å²) in [6, 6.07) is 1.56. The van der Waals surface area contributed by atoms with E-state index in [0.29, 0.717) is 18.4 Å². The average Bonchev–Trinajstić information content (AvgIpc) is 2.98. The van der Waals surface area contributed by atoms with Gasteiger partial charge in [-0.15, -0.1) is 0 Å². The van der Waals surface area contributed by atoms with Gasteiger partial charge in [-0.3, -0.25) is 14.6 Å². The lowest BCUT2D eigenvalue weighted by Crippen LogP contribution is -2.30. The number of carbonyl (C=O) groups excluding carboxylic acids is 1. The molecule has 1 aliphatic carbocycles. The summed E-state index contributed by atoms with van der Waals surface area (Å²) in [5, 5.41) is 0. The minimum absolute atomic E-state index is 0.135. The van der Waals surface area contributed by atoms with Crippen LogP contribution in [0.3, 0.4) is 0 Å². The number of nitrogens with zero attached hydrogens (tertiary/aromatic N) is 3. The van der Waals surface area contributed by atoms with Crippen LogP contribution in [-0.2, 0) is 4.79 Å². The van der Waals surface area contributed by atoms with E-state index in [1.54, 1.807) is 11.0 Å². The Hall–Kier alpha value is -1.85. The van der Waals surface area contributed by atoms with Crippen LogP contribution in [0.4, 0.5) is 5.95 Å². The van der Waals surface area contributed by atoms with Crippen LogP contribution >= 0.6 is 0 Å². The SMILES string of the molecule is C[C@H]1C[C@H]1C(=O)N1CC[C@H](c2cc(=O)[nH]c(N(C)C)n2)C1. The summed E-state index contributed by atoms with van der Waals surface area (Å²) in [4.78, 5) is 35.0. The van der Waals surface area contributed by atoms with Crippen LogP contribution in [0, 0.1) is 11.8 Å². The number of nitrogens with one attached hydrogen (secondary N) is 1. The van der Waals surface area contributed by atoms with Gasteiger partial charge in [-0.2, -0.15) is 0 Å². The lowest BCUT2D eigenvalue weighted by atomic mass is 10.1. The standard InChI is InChI=1S/C15H22N4O2/c1-9-6-11(9)14(21)19-5-4-10(8-19)12-7-13(20)17-15(16-12)18(2)3/h7,9-11H,4-6,8H2,1-3H3,(H,16,17,20)/t9-,10-,11+/m0/s1. The van der Waals surface area contributed by atoms with Gasteiger partial charge in [0.25, 0.3) is 5.56 Å². The van der Waals surface area contributed by atoms with Crippen molar-refractivity contribution in [1.29, 1.82) is 0 Å². The number of likely N-dealkylation sites (tertiary alicyclic amines) is 1. The van der Waals surface area contributed by atoms with Gasteiger partial charge in [0.2, 0.25) is 11.9 Å². The van der Waals surface area contributed by atoms with Crippen LogP contribution in [-0.4, -0.2) is 48.0 Å². The second-order valence-corrected chi connectivity index (χ2v) is 6.48. The highest BCUT2D eigenvalue weighted by Crippen LogP contribution is 2.40. The highest BCUT2D eigenvalue weighted by molar-refractivity contribution is 5.82. The van der Waals surface area contributed by atoms with Gasteiger partial charge in [0.1, 0.15) is 0 Å². The Kier molecular flexibility index (Phi) is 3.47. The first-order chi connectivity index (χ1) is 9.95. The average molecular weight is 290 g/mol. The second-order valence-electron chi connectivity index (χ2n) is 6.48. The molecule has 1 saturated heterocycles. The summed E-state index contributed by atoms with van der Waals surface area (Å²) in [7, 11) is 3.70. The van der Waals surface area contributed by atoms with E-state index in [0.717, 1.165) is 25.1 Å². The number of amides is 1. The predicted octanol–water partition coefficient (Wildman–Crippen LogP) is 0.808. The van der Waals surface area contributed by atoms with Gasteiger partial charge in [-0.05, 0) is 18.8 Å². The van der Waals surface area contributed by atoms with Gasteiger partial charge in [0.15, 0.2) is 0 Å². The summed E-state index contributed by atoms with van der Waals surface area (Å²) in [6.07, 6.45) is 1.91. The minimum Gasteiger partial charge on any atom is -0.348 e. The number of aromatic amines is 1. The van der Waals surface area contributed by atoms with Crippen molar-refractivity contribution in [2.75, 3.05) is 32.1 Å². The smallest absolute Gasteiger partial charge is 0.252 e. The number of H-pyrrole nitrogens is 1. The van der Waals surface area contributed by atoms with Gasteiger partial charge >= 0.3 is 0 Å². The molecule has 114 valence electrons. The Balaban J connectivity index is 1.74. The molecule has 1 saturated carbocycles. The number of aromatic nitrogens is 2. The monoisotopic (exact) mass is 290 g/mol. The normalized spacial score (nSPS) is 27.8. The lowest BCUT2D eigenvalue weighted by molar-refractivity contribution is -0.131. The van der Waals surface area contributed by atoms with Crippen molar-refractivity contribution in [2.45, 2.75) is 25.7 Å². The number of carbonyl (C=O) groups is 1. The van der Waals surface area contributed by atoms with E-state index in [1.165, 1.54) is 0 Å². The number of hydrogen-bond donors (Lipinski definition) is 1. The fourth-order valence-electron chi connectivity index (χ4n) is 2.99. The van der Waals surface area contributed by atoms with Crippen molar-refractivity contribution in [2.24, 2.45) is 11.8 Å². The van der Waals surface area contributed by atoms with E-state index in [4.69, 9.17) is 0 Å². The zero-order chi connectivity index (χ0) is 15.1. The molecule has 3 rings (SSSR count). The quantitative estimate of drug-likeness (QED) is 0.894. The molecule has 1 aromatic heterocycles. The van der Waals surface area contributed by atoms with E-state index in [-0.39, 0.29) is 23.3 Å². The van der Waals surface area contributed by atoms with Gasteiger partial charge < -0.3 is 9.80 Å². The molecule has 2 aliphatic rings. The Labute approximate surface area is 124 Å². The number of rotatable bonds is 3. The van der Waals surface area contributed by atoms with E-state index in [1.807, 2.05) is 19.0 Å². The maximum Gasteiger partial charge on any atom is 0.252 e. The van der Waals surface area contributed by atoms with Crippen molar-refractivity contribution in [1.82, 2.24) is 14.9 Å². The largest absolute Gasteiger partial charge is 0.348 e. The third kappa shape index (κ3) is 2.80. The Morgan fingerprint density at radius 2 is 2.19 bits per heavy atom. The minimum atomic E-state index is -0.135. The highest BCUT2D eigenvalue weighted by Gasteiger charge is 2.43. The van der Waals surface area contributed by atoms with Crippen LogP contribution in [0.25, 0.3) is 0 Å². The van der Waals surface area contributed by atoms with Crippen molar-refractivity contribution >= 4 is 11.9 Å². The summed E-state index contributed by atoms with van der Waals surface area (Å²) in [6.45, 7) is 3.58. The van der Waals surface area contributed by atoms with E-state index >= 15 is 0 Å². The van der Waals surface area contributed by atoms with Crippen molar-refractivity contribution < 1.29 is 4.79 Å².